The Morgan fingerprint density at radius 3 is 2.02 bits per heavy atom. The van der Waals surface area contributed by atoms with E-state index in [9.17, 15) is 28.8 Å². The third-order valence-corrected chi connectivity index (χ3v) is 9.42. The van der Waals surface area contributed by atoms with Crippen LogP contribution in [0.15, 0.2) is 14.6 Å². The van der Waals surface area contributed by atoms with Crippen LogP contribution in [0.25, 0.3) is 0 Å². The van der Waals surface area contributed by atoms with E-state index in [1.165, 1.54) is 4.90 Å². The van der Waals surface area contributed by atoms with Crippen molar-refractivity contribution in [1.29, 1.82) is 0 Å². The molecule has 3 rings (SSSR count). The van der Waals surface area contributed by atoms with Gasteiger partial charge >= 0.3 is 0 Å². The van der Waals surface area contributed by atoms with Gasteiger partial charge in [0, 0.05) is 39.3 Å². The van der Waals surface area contributed by atoms with Crippen LogP contribution in [0.4, 0.5) is 0 Å². The van der Waals surface area contributed by atoms with E-state index in [0.29, 0.717) is 109 Å². The summed E-state index contributed by atoms with van der Waals surface area (Å²) in [6, 6.07) is 0. The SMILES string of the molecule is O=CS/C(C(=O)N1CCOCC1)=C(\S)C(=O)NCCCNCCCNC(=O)c1sc(=O)sc1C(=O)N1CCOCC1. The molecule has 2 fully saturated rings. The maximum atomic E-state index is 12.8. The van der Waals surface area contributed by atoms with Gasteiger partial charge in [-0.3, -0.25) is 28.8 Å². The van der Waals surface area contributed by atoms with Crippen LogP contribution >= 0.6 is 47.1 Å². The summed E-state index contributed by atoms with van der Waals surface area (Å²) in [7, 11) is 0. The zero-order chi connectivity index (χ0) is 29.6. The number of rotatable bonds is 14. The van der Waals surface area contributed by atoms with Crippen molar-refractivity contribution in [3.05, 3.63) is 28.4 Å². The standard InChI is InChI=1S/C24H33N5O8S4/c30-15-39-17(22(33)28-7-11-36-12-8-28)16(38)20(31)26-5-1-3-25-4-2-6-27-21(32)18-19(41-24(35)40-18)23(34)29-9-13-37-14-10-29/h15,25,38H,1-14H2,(H,26,31)(H,27,32)/b17-16-. The highest BCUT2D eigenvalue weighted by atomic mass is 32.2. The molecule has 0 atom stereocenters. The number of hydrogen-bond donors (Lipinski definition) is 4. The summed E-state index contributed by atoms with van der Waals surface area (Å²) in [5, 5.41) is 8.67. The number of thioether (sulfide) groups is 1. The first-order valence-electron chi connectivity index (χ1n) is 13.0. The first-order chi connectivity index (χ1) is 19.8. The quantitative estimate of drug-likeness (QED) is 0.0919. The number of carbonyl (C=O) groups excluding carboxylic acids is 5. The van der Waals surface area contributed by atoms with Crippen molar-refractivity contribution in [2.75, 3.05) is 78.8 Å². The molecule has 4 amide bonds. The molecule has 2 aliphatic rings. The number of nitrogens with zero attached hydrogens (tertiary/aromatic N) is 2. The molecule has 0 saturated carbocycles. The topological polar surface area (TPSA) is 163 Å². The van der Waals surface area contributed by atoms with E-state index in [2.05, 4.69) is 28.6 Å². The van der Waals surface area contributed by atoms with Crippen LogP contribution in [0.2, 0.25) is 0 Å². The molecule has 0 aromatic carbocycles. The van der Waals surface area contributed by atoms with E-state index < -0.39 is 17.7 Å². The van der Waals surface area contributed by atoms with Gasteiger partial charge in [0.05, 0.1) is 36.2 Å². The van der Waals surface area contributed by atoms with Crippen molar-refractivity contribution in [1.82, 2.24) is 25.8 Å². The Morgan fingerprint density at radius 1 is 0.854 bits per heavy atom. The summed E-state index contributed by atoms with van der Waals surface area (Å²) in [6.45, 7) is 5.12. The molecule has 17 heteroatoms. The summed E-state index contributed by atoms with van der Waals surface area (Å²) in [6.07, 6.45) is 1.21. The predicted molar refractivity (Wildman–Crippen MR) is 160 cm³/mol. The van der Waals surface area contributed by atoms with E-state index >= 15 is 0 Å². The van der Waals surface area contributed by atoms with Crippen molar-refractivity contribution >= 4 is 76.3 Å². The predicted octanol–water partition coefficient (Wildman–Crippen LogP) is -0.218. The van der Waals surface area contributed by atoms with Crippen LogP contribution < -0.4 is 20.0 Å². The van der Waals surface area contributed by atoms with Crippen molar-refractivity contribution < 1.29 is 33.4 Å². The van der Waals surface area contributed by atoms with E-state index in [1.54, 1.807) is 4.90 Å². The number of hydrogen-bond acceptors (Lipinski definition) is 13. The van der Waals surface area contributed by atoms with E-state index in [4.69, 9.17) is 9.47 Å². The summed E-state index contributed by atoms with van der Waals surface area (Å²) >= 11 is 6.40. The maximum Gasteiger partial charge on any atom is 0.288 e. The van der Waals surface area contributed by atoms with Crippen LogP contribution in [0.1, 0.15) is 32.2 Å². The molecule has 226 valence electrons. The highest BCUT2D eigenvalue weighted by Gasteiger charge is 2.27. The highest BCUT2D eigenvalue weighted by Crippen LogP contribution is 2.24. The third kappa shape index (κ3) is 10.2. The Labute approximate surface area is 254 Å². The van der Waals surface area contributed by atoms with Crippen LogP contribution in [0.5, 0.6) is 0 Å². The van der Waals surface area contributed by atoms with Crippen molar-refractivity contribution in [3.63, 3.8) is 0 Å². The van der Waals surface area contributed by atoms with Gasteiger partial charge in [-0.2, -0.15) is 0 Å². The molecule has 0 bridgehead atoms. The Hall–Kier alpha value is -2.28. The number of thiol groups is 1. The molecule has 13 nitrogen and oxygen atoms in total. The molecule has 3 heterocycles. The number of carbonyl (C=O) groups is 5. The van der Waals surface area contributed by atoms with Crippen molar-refractivity contribution in [2.24, 2.45) is 0 Å². The van der Waals surface area contributed by atoms with Gasteiger partial charge in [0.25, 0.3) is 27.7 Å². The second-order valence-electron chi connectivity index (χ2n) is 8.78. The minimum absolute atomic E-state index is 0.0183. The second-order valence-corrected chi connectivity index (χ2v) is 12.3. The Bertz CT molecular complexity index is 1180. The third-order valence-electron chi connectivity index (χ3n) is 6.00. The zero-order valence-corrected chi connectivity index (χ0v) is 25.7. The number of morpholine rings is 2. The molecule has 41 heavy (non-hydrogen) atoms. The van der Waals surface area contributed by atoms with Crippen LogP contribution in [-0.4, -0.2) is 118 Å². The smallest absolute Gasteiger partial charge is 0.288 e. The molecule has 2 aliphatic heterocycles. The summed E-state index contributed by atoms with van der Waals surface area (Å²) in [4.78, 5) is 76.9. The van der Waals surface area contributed by atoms with Gasteiger partial charge in [-0.05, 0) is 37.7 Å². The lowest BCUT2D eigenvalue weighted by Gasteiger charge is -2.27. The van der Waals surface area contributed by atoms with Gasteiger partial charge in [0.2, 0.25) is 0 Å². The second kappa shape index (κ2) is 17.6. The average molecular weight is 648 g/mol. The maximum absolute atomic E-state index is 12.8. The van der Waals surface area contributed by atoms with Crippen LogP contribution in [0, 0.1) is 0 Å². The van der Waals surface area contributed by atoms with Gasteiger partial charge in [0.1, 0.15) is 9.75 Å². The molecule has 2 saturated heterocycles. The number of ether oxygens (including phenoxy) is 2. The van der Waals surface area contributed by atoms with Gasteiger partial charge in [-0.1, -0.05) is 22.7 Å². The number of amides is 4. The Kier molecular flexibility index (Phi) is 14.3. The van der Waals surface area contributed by atoms with Crippen molar-refractivity contribution in [2.45, 2.75) is 12.8 Å². The molecule has 0 radical (unpaired) electrons. The summed E-state index contributed by atoms with van der Waals surface area (Å²) in [5.41, 5.74) is 0.496. The normalized spacial score (nSPS) is 16.1. The first kappa shape index (κ1) is 33.2. The average Bonchev–Trinajstić information content (AvgIpc) is 3.40. The zero-order valence-electron chi connectivity index (χ0n) is 22.3. The van der Waals surface area contributed by atoms with E-state index in [0.717, 1.165) is 22.7 Å². The van der Waals surface area contributed by atoms with Crippen molar-refractivity contribution in [3.8, 4) is 0 Å². The fourth-order valence-electron chi connectivity index (χ4n) is 3.87. The molecule has 0 unspecified atom stereocenters. The van der Waals surface area contributed by atoms with Gasteiger partial charge in [0.15, 0.2) is 5.62 Å². The molecular weight excluding hydrogens is 615 g/mol. The largest absolute Gasteiger partial charge is 0.378 e. The summed E-state index contributed by atoms with van der Waals surface area (Å²) in [5.74, 6) is -1.72. The molecule has 0 spiro atoms. The molecule has 1 aromatic heterocycles. The Balaban J connectivity index is 1.33. The minimum atomic E-state index is -0.538. The molecule has 1 aromatic rings. The minimum Gasteiger partial charge on any atom is -0.378 e. The van der Waals surface area contributed by atoms with Gasteiger partial charge < -0.3 is 35.2 Å². The fourth-order valence-corrected chi connectivity index (χ4v) is 6.73. The molecule has 3 N–H and O–H groups in total. The highest BCUT2D eigenvalue weighted by molar-refractivity contribution is 8.16. The lowest BCUT2D eigenvalue weighted by atomic mass is 10.3. The van der Waals surface area contributed by atoms with Crippen LogP contribution in [-0.2, 0) is 23.9 Å². The van der Waals surface area contributed by atoms with Gasteiger partial charge in [-0.15, -0.1) is 12.6 Å². The molecule has 0 aliphatic carbocycles. The Morgan fingerprint density at radius 2 is 1.41 bits per heavy atom. The monoisotopic (exact) mass is 647 g/mol. The molecular formula is C24H33N5O8S4. The van der Waals surface area contributed by atoms with Crippen LogP contribution in [0.3, 0.4) is 0 Å². The summed E-state index contributed by atoms with van der Waals surface area (Å²) < 4.78 is 10.2. The fraction of sp³-hybridized carbons (Fsp3) is 0.583. The van der Waals surface area contributed by atoms with Gasteiger partial charge in [-0.25, -0.2) is 0 Å². The van der Waals surface area contributed by atoms with E-state index in [-0.39, 0.29) is 29.5 Å². The first-order valence-corrected chi connectivity index (χ1v) is 16.0. The number of nitrogens with one attached hydrogen (secondary N) is 3. The lowest BCUT2D eigenvalue weighted by Crippen LogP contribution is -2.41. The van der Waals surface area contributed by atoms with E-state index in [1.807, 2.05) is 0 Å². The lowest BCUT2D eigenvalue weighted by molar-refractivity contribution is -0.130.